The van der Waals surface area contributed by atoms with Crippen LogP contribution in [0.15, 0.2) is 29.0 Å². The van der Waals surface area contributed by atoms with Crippen LogP contribution in [0.5, 0.6) is 0 Å². The zero-order valence-corrected chi connectivity index (χ0v) is 14.3. The van der Waals surface area contributed by atoms with E-state index in [0.717, 1.165) is 37.9 Å². The molecule has 6 nitrogen and oxygen atoms in total. The van der Waals surface area contributed by atoms with Crippen LogP contribution < -0.4 is 0 Å². The Morgan fingerprint density at radius 1 is 1.33 bits per heavy atom. The Bertz CT molecular complexity index is 654. The Hall–Kier alpha value is -1.79. The summed E-state index contributed by atoms with van der Waals surface area (Å²) in [4.78, 5) is 13.7. The lowest BCUT2D eigenvalue weighted by Gasteiger charge is -2.37. The van der Waals surface area contributed by atoms with Crippen LogP contribution in [0.3, 0.4) is 0 Å². The molecule has 1 aliphatic carbocycles. The summed E-state index contributed by atoms with van der Waals surface area (Å²) < 4.78 is 5.38. The number of pyridine rings is 1. The molecule has 1 aliphatic heterocycles. The van der Waals surface area contributed by atoms with Crippen LogP contribution in [0, 0.1) is 0 Å². The fraction of sp³-hybridized carbons (Fsp3) is 0.611. The van der Waals surface area contributed by atoms with Crippen LogP contribution in [0.2, 0.25) is 0 Å². The number of likely N-dealkylation sites (tertiary alicyclic amines) is 1. The van der Waals surface area contributed by atoms with Crippen LogP contribution in [0.4, 0.5) is 0 Å². The van der Waals surface area contributed by atoms with Crippen molar-refractivity contribution in [1.82, 2.24) is 24.9 Å². The molecule has 128 valence electrons. The molecule has 4 rings (SSSR count). The molecule has 2 aromatic rings. The summed E-state index contributed by atoms with van der Waals surface area (Å²) in [5, 5.41) is 4.16. The Morgan fingerprint density at radius 2 is 2.25 bits per heavy atom. The van der Waals surface area contributed by atoms with Crippen molar-refractivity contribution in [1.29, 1.82) is 0 Å². The van der Waals surface area contributed by atoms with Crippen molar-refractivity contribution in [2.75, 3.05) is 20.1 Å². The number of piperidine rings is 1. The zero-order valence-electron chi connectivity index (χ0n) is 14.3. The Labute approximate surface area is 142 Å². The van der Waals surface area contributed by atoms with Gasteiger partial charge in [-0.1, -0.05) is 11.2 Å². The summed E-state index contributed by atoms with van der Waals surface area (Å²) in [5.74, 6) is 2.21. The third kappa shape index (κ3) is 3.82. The maximum atomic E-state index is 5.38. The molecule has 0 unspecified atom stereocenters. The largest absolute Gasteiger partial charge is 0.339 e. The van der Waals surface area contributed by atoms with Crippen LogP contribution in [-0.4, -0.2) is 51.1 Å². The van der Waals surface area contributed by atoms with Gasteiger partial charge < -0.3 is 4.52 Å². The Kier molecular flexibility index (Phi) is 4.58. The molecule has 0 N–H and O–H groups in total. The standard InChI is InChI=1S/C18H25N5O/c1-22(11-14-4-2-8-19-10-14)16-5-3-9-23(12-16)13-17-20-18(24-21-17)15-6-7-15/h2,4,8,10,15-16H,3,5-7,9,11-13H2,1H3/t16-/m0/s1. The monoisotopic (exact) mass is 327 g/mol. The van der Waals surface area contributed by atoms with Crippen LogP contribution >= 0.6 is 0 Å². The highest BCUT2D eigenvalue weighted by Crippen LogP contribution is 2.38. The predicted molar refractivity (Wildman–Crippen MR) is 90.3 cm³/mol. The molecule has 2 fully saturated rings. The average Bonchev–Trinajstić information content (AvgIpc) is 3.36. The second-order valence-electron chi connectivity index (χ2n) is 7.13. The Balaban J connectivity index is 1.32. The zero-order chi connectivity index (χ0) is 16.4. The smallest absolute Gasteiger partial charge is 0.229 e. The molecular formula is C18H25N5O. The summed E-state index contributed by atoms with van der Waals surface area (Å²) in [6, 6.07) is 4.71. The predicted octanol–water partition coefficient (Wildman–Crippen LogP) is 2.44. The maximum absolute atomic E-state index is 5.38. The molecule has 1 saturated heterocycles. The Morgan fingerprint density at radius 3 is 3.04 bits per heavy atom. The van der Waals surface area contributed by atoms with Gasteiger partial charge in [0.05, 0.1) is 6.54 Å². The number of hydrogen-bond donors (Lipinski definition) is 0. The van der Waals surface area contributed by atoms with Crippen LogP contribution in [0.25, 0.3) is 0 Å². The molecule has 0 aromatic carbocycles. The van der Waals surface area contributed by atoms with Gasteiger partial charge in [0.2, 0.25) is 5.89 Å². The van der Waals surface area contributed by atoms with Gasteiger partial charge in [0.25, 0.3) is 0 Å². The van der Waals surface area contributed by atoms with Crippen molar-refractivity contribution in [2.45, 2.75) is 50.7 Å². The number of rotatable bonds is 6. The van der Waals surface area contributed by atoms with Gasteiger partial charge in [-0.3, -0.25) is 14.8 Å². The fourth-order valence-electron chi connectivity index (χ4n) is 3.47. The summed E-state index contributed by atoms with van der Waals surface area (Å²) >= 11 is 0. The van der Waals surface area contributed by atoms with Gasteiger partial charge in [-0.05, 0) is 50.9 Å². The molecule has 1 saturated carbocycles. The molecule has 3 heterocycles. The van der Waals surface area contributed by atoms with Gasteiger partial charge in [0.1, 0.15) is 0 Å². The molecular weight excluding hydrogens is 302 g/mol. The van der Waals surface area contributed by atoms with Crippen LogP contribution in [0.1, 0.15) is 48.9 Å². The summed E-state index contributed by atoms with van der Waals surface area (Å²) in [7, 11) is 2.21. The van der Waals surface area contributed by atoms with E-state index in [9.17, 15) is 0 Å². The first-order valence-corrected chi connectivity index (χ1v) is 8.92. The highest BCUT2D eigenvalue weighted by Gasteiger charge is 2.30. The van der Waals surface area contributed by atoms with Crippen molar-refractivity contribution in [3.8, 4) is 0 Å². The van der Waals surface area contributed by atoms with E-state index < -0.39 is 0 Å². The fourth-order valence-corrected chi connectivity index (χ4v) is 3.47. The lowest BCUT2D eigenvalue weighted by molar-refractivity contribution is 0.105. The van der Waals surface area contributed by atoms with Gasteiger partial charge in [-0.2, -0.15) is 4.98 Å². The second-order valence-corrected chi connectivity index (χ2v) is 7.13. The molecule has 0 amide bonds. The minimum Gasteiger partial charge on any atom is -0.339 e. The van der Waals surface area contributed by atoms with E-state index in [1.54, 1.807) is 0 Å². The van der Waals surface area contributed by atoms with Gasteiger partial charge >= 0.3 is 0 Å². The van der Waals surface area contributed by atoms with Gasteiger partial charge in [-0.15, -0.1) is 0 Å². The first kappa shape index (κ1) is 15.7. The van der Waals surface area contributed by atoms with E-state index in [0.29, 0.717) is 12.0 Å². The first-order chi connectivity index (χ1) is 11.8. The van der Waals surface area contributed by atoms with Crippen molar-refractivity contribution >= 4 is 0 Å². The molecule has 2 aromatic heterocycles. The summed E-state index contributed by atoms with van der Waals surface area (Å²) in [5.41, 5.74) is 1.27. The summed E-state index contributed by atoms with van der Waals surface area (Å²) in [6.45, 7) is 3.92. The molecule has 2 aliphatic rings. The number of aromatic nitrogens is 3. The van der Waals surface area contributed by atoms with E-state index >= 15 is 0 Å². The van der Waals surface area contributed by atoms with E-state index in [1.165, 1.54) is 31.2 Å². The van der Waals surface area contributed by atoms with Gasteiger partial charge in [0.15, 0.2) is 5.82 Å². The SMILES string of the molecule is CN(Cc1cccnc1)[C@H]1CCCN(Cc2noc(C3CC3)n2)C1. The van der Waals surface area contributed by atoms with E-state index in [1.807, 2.05) is 18.5 Å². The van der Waals surface area contributed by atoms with Crippen molar-refractivity contribution in [2.24, 2.45) is 0 Å². The molecule has 0 bridgehead atoms. The third-order valence-corrected chi connectivity index (χ3v) is 5.03. The molecule has 0 radical (unpaired) electrons. The van der Waals surface area contributed by atoms with Crippen molar-refractivity contribution < 1.29 is 4.52 Å². The lowest BCUT2D eigenvalue weighted by Crippen LogP contribution is -2.45. The van der Waals surface area contributed by atoms with Gasteiger partial charge in [0, 0.05) is 37.4 Å². The first-order valence-electron chi connectivity index (χ1n) is 8.92. The minimum atomic E-state index is 0.533. The quantitative estimate of drug-likeness (QED) is 0.812. The van der Waals surface area contributed by atoms with E-state index in [4.69, 9.17) is 4.52 Å². The third-order valence-electron chi connectivity index (χ3n) is 5.03. The molecule has 0 spiro atoms. The maximum Gasteiger partial charge on any atom is 0.229 e. The summed E-state index contributed by atoms with van der Waals surface area (Å²) in [6.07, 6.45) is 8.64. The highest BCUT2D eigenvalue weighted by atomic mass is 16.5. The second kappa shape index (κ2) is 6.99. The lowest BCUT2D eigenvalue weighted by atomic mass is 10.0. The number of hydrogen-bond acceptors (Lipinski definition) is 6. The van der Waals surface area contributed by atoms with E-state index in [2.05, 4.69) is 38.0 Å². The molecule has 24 heavy (non-hydrogen) atoms. The van der Waals surface area contributed by atoms with E-state index in [-0.39, 0.29) is 0 Å². The number of likely N-dealkylation sites (N-methyl/N-ethyl adjacent to an activating group) is 1. The average molecular weight is 327 g/mol. The highest BCUT2D eigenvalue weighted by molar-refractivity contribution is 5.08. The van der Waals surface area contributed by atoms with Crippen molar-refractivity contribution in [3.05, 3.63) is 41.8 Å². The molecule has 6 heteroatoms. The minimum absolute atomic E-state index is 0.533. The normalized spacial score (nSPS) is 22.2. The van der Waals surface area contributed by atoms with Crippen molar-refractivity contribution in [3.63, 3.8) is 0 Å². The van der Waals surface area contributed by atoms with Gasteiger partial charge in [-0.25, -0.2) is 0 Å². The number of nitrogens with zero attached hydrogens (tertiary/aromatic N) is 5. The van der Waals surface area contributed by atoms with Crippen LogP contribution in [-0.2, 0) is 13.1 Å². The topological polar surface area (TPSA) is 58.3 Å². The molecule has 1 atom stereocenters.